The zero-order valence-electron chi connectivity index (χ0n) is 17.7. The fraction of sp³-hybridized carbons (Fsp3) is 0.455. The highest BCUT2D eigenvalue weighted by molar-refractivity contribution is 7.89. The number of nitrogens with one attached hydrogen (secondary N) is 1. The van der Waals surface area contributed by atoms with Crippen molar-refractivity contribution >= 4 is 15.7 Å². The predicted molar refractivity (Wildman–Crippen MR) is 117 cm³/mol. The summed E-state index contributed by atoms with van der Waals surface area (Å²) in [6, 6.07) is 15.1. The Hall–Kier alpha value is -2.09. The fourth-order valence-corrected chi connectivity index (χ4v) is 4.70. The van der Waals surface area contributed by atoms with Gasteiger partial charge >= 0.3 is 0 Å². The van der Waals surface area contributed by atoms with Gasteiger partial charge in [-0.05, 0) is 62.7 Å². The quantitative estimate of drug-likeness (QED) is 0.783. The Kier molecular flexibility index (Phi) is 6.51. The maximum atomic E-state index is 13.0. The molecule has 29 heavy (non-hydrogen) atoms. The molecule has 0 atom stereocenters. The fourth-order valence-electron chi connectivity index (χ4n) is 3.28. The average molecular weight is 418 g/mol. The minimum atomic E-state index is -3.47. The summed E-state index contributed by atoms with van der Waals surface area (Å²) in [6.07, 6.45) is 0. The molecule has 0 spiro atoms. The highest BCUT2D eigenvalue weighted by atomic mass is 32.2. The lowest BCUT2D eigenvalue weighted by Crippen LogP contribution is -2.48. The van der Waals surface area contributed by atoms with Gasteiger partial charge in [0, 0.05) is 44.0 Å². The second kappa shape index (κ2) is 8.73. The standard InChI is InChI=1S/C22H31N3O3S/c1-22(2,3)23-17-18-5-11-21(12-6-18)29(26,27)25-15-13-24(14-16-25)19-7-9-20(28-4)10-8-19/h5-12,23H,13-17H2,1-4H3. The Morgan fingerprint density at radius 1 is 0.931 bits per heavy atom. The van der Waals surface area contributed by atoms with E-state index in [1.54, 1.807) is 23.5 Å². The van der Waals surface area contributed by atoms with Gasteiger partial charge in [0.25, 0.3) is 0 Å². The molecule has 1 saturated heterocycles. The van der Waals surface area contributed by atoms with Crippen LogP contribution < -0.4 is 15.0 Å². The van der Waals surface area contributed by atoms with Crippen LogP contribution in [0.15, 0.2) is 53.4 Å². The average Bonchev–Trinajstić information content (AvgIpc) is 2.72. The van der Waals surface area contributed by atoms with Gasteiger partial charge in [0.15, 0.2) is 0 Å². The van der Waals surface area contributed by atoms with Crippen LogP contribution in [0.2, 0.25) is 0 Å². The summed E-state index contributed by atoms with van der Waals surface area (Å²) in [5, 5.41) is 3.41. The monoisotopic (exact) mass is 417 g/mol. The summed E-state index contributed by atoms with van der Waals surface area (Å²) in [5.74, 6) is 0.816. The highest BCUT2D eigenvalue weighted by Gasteiger charge is 2.28. The molecule has 0 unspecified atom stereocenters. The Labute approximate surface area is 174 Å². The van der Waals surface area contributed by atoms with Crippen molar-refractivity contribution in [3.8, 4) is 5.75 Å². The number of nitrogens with zero attached hydrogens (tertiary/aromatic N) is 2. The van der Waals surface area contributed by atoms with Gasteiger partial charge < -0.3 is 15.0 Å². The third-order valence-electron chi connectivity index (χ3n) is 5.06. The zero-order valence-corrected chi connectivity index (χ0v) is 18.5. The molecule has 2 aromatic rings. The van der Waals surface area contributed by atoms with Crippen molar-refractivity contribution in [2.75, 3.05) is 38.2 Å². The molecule has 158 valence electrons. The molecule has 6 nitrogen and oxygen atoms in total. The summed E-state index contributed by atoms with van der Waals surface area (Å²) < 4.78 is 32.8. The van der Waals surface area contributed by atoms with Crippen LogP contribution in [0.3, 0.4) is 0 Å². The number of piperazine rings is 1. The molecule has 0 aliphatic carbocycles. The number of ether oxygens (including phenoxy) is 1. The first-order valence-corrected chi connectivity index (χ1v) is 11.4. The van der Waals surface area contributed by atoms with E-state index in [0.717, 1.165) is 17.0 Å². The second-order valence-corrected chi connectivity index (χ2v) is 10.3. The van der Waals surface area contributed by atoms with Crippen LogP contribution in [0.5, 0.6) is 5.75 Å². The minimum absolute atomic E-state index is 0.0221. The molecule has 1 fully saturated rings. The Bertz CT molecular complexity index is 896. The van der Waals surface area contributed by atoms with Crippen LogP contribution in [-0.2, 0) is 16.6 Å². The number of rotatable bonds is 6. The third-order valence-corrected chi connectivity index (χ3v) is 6.97. The van der Waals surface area contributed by atoms with E-state index in [-0.39, 0.29) is 5.54 Å². The normalized spacial score (nSPS) is 16.1. The largest absolute Gasteiger partial charge is 0.497 e. The first-order valence-electron chi connectivity index (χ1n) is 9.92. The molecule has 0 radical (unpaired) electrons. The van der Waals surface area contributed by atoms with Crippen molar-refractivity contribution in [3.05, 3.63) is 54.1 Å². The van der Waals surface area contributed by atoms with Gasteiger partial charge in [0.1, 0.15) is 5.75 Å². The van der Waals surface area contributed by atoms with E-state index in [1.165, 1.54) is 0 Å². The molecule has 2 aromatic carbocycles. The first kappa shape index (κ1) is 21.6. The van der Waals surface area contributed by atoms with E-state index in [1.807, 2.05) is 36.4 Å². The molecule has 1 N–H and O–H groups in total. The second-order valence-electron chi connectivity index (χ2n) is 8.34. The SMILES string of the molecule is COc1ccc(N2CCN(S(=O)(=O)c3ccc(CNC(C)(C)C)cc3)CC2)cc1. The minimum Gasteiger partial charge on any atom is -0.497 e. The maximum absolute atomic E-state index is 13.0. The van der Waals surface area contributed by atoms with E-state index < -0.39 is 10.0 Å². The highest BCUT2D eigenvalue weighted by Crippen LogP contribution is 2.23. The number of hydrogen-bond donors (Lipinski definition) is 1. The molecule has 0 bridgehead atoms. The van der Waals surface area contributed by atoms with E-state index >= 15 is 0 Å². The van der Waals surface area contributed by atoms with Crippen molar-refractivity contribution < 1.29 is 13.2 Å². The molecule has 1 aliphatic rings. The summed E-state index contributed by atoms with van der Waals surface area (Å²) >= 11 is 0. The first-order chi connectivity index (χ1) is 13.7. The molecule has 0 aromatic heterocycles. The number of hydrogen-bond acceptors (Lipinski definition) is 5. The number of anilines is 1. The molecule has 1 aliphatic heterocycles. The van der Waals surface area contributed by atoms with E-state index in [9.17, 15) is 8.42 Å². The van der Waals surface area contributed by atoms with Crippen LogP contribution >= 0.6 is 0 Å². The van der Waals surface area contributed by atoms with Crippen molar-refractivity contribution in [2.45, 2.75) is 37.8 Å². The van der Waals surface area contributed by atoms with Crippen LogP contribution in [0.25, 0.3) is 0 Å². The molecule has 7 heteroatoms. The van der Waals surface area contributed by atoms with Gasteiger partial charge in [-0.15, -0.1) is 0 Å². The van der Waals surface area contributed by atoms with Crippen molar-refractivity contribution in [1.29, 1.82) is 0 Å². The zero-order chi connectivity index (χ0) is 21.1. The number of methoxy groups -OCH3 is 1. The molecule has 0 amide bonds. The lowest BCUT2D eigenvalue weighted by atomic mass is 10.1. The maximum Gasteiger partial charge on any atom is 0.243 e. The summed E-state index contributed by atoms with van der Waals surface area (Å²) in [7, 11) is -1.83. The summed E-state index contributed by atoms with van der Waals surface area (Å²) in [6.45, 7) is 9.32. The number of sulfonamides is 1. The van der Waals surface area contributed by atoms with Crippen LogP contribution in [0.1, 0.15) is 26.3 Å². The molecule has 1 heterocycles. The smallest absolute Gasteiger partial charge is 0.243 e. The molecular formula is C22H31N3O3S. The van der Waals surface area contributed by atoms with Gasteiger partial charge in [-0.25, -0.2) is 8.42 Å². The van der Waals surface area contributed by atoms with E-state index in [4.69, 9.17) is 4.74 Å². The lowest BCUT2D eigenvalue weighted by Gasteiger charge is -2.35. The van der Waals surface area contributed by atoms with Crippen molar-refractivity contribution in [2.24, 2.45) is 0 Å². The van der Waals surface area contributed by atoms with Gasteiger partial charge in [0.05, 0.1) is 12.0 Å². The van der Waals surface area contributed by atoms with Crippen molar-refractivity contribution in [3.63, 3.8) is 0 Å². The lowest BCUT2D eigenvalue weighted by molar-refractivity contribution is 0.384. The number of benzene rings is 2. The van der Waals surface area contributed by atoms with E-state index in [0.29, 0.717) is 37.6 Å². The van der Waals surface area contributed by atoms with Gasteiger partial charge in [-0.2, -0.15) is 4.31 Å². The van der Waals surface area contributed by atoms with Gasteiger partial charge in [-0.1, -0.05) is 12.1 Å². The van der Waals surface area contributed by atoms with Crippen LogP contribution in [-0.4, -0.2) is 51.6 Å². The van der Waals surface area contributed by atoms with Gasteiger partial charge in [-0.3, -0.25) is 0 Å². The van der Waals surface area contributed by atoms with Crippen LogP contribution in [0, 0.1) is 0 Å². The van der Waals surface area contributed by atoms with E-state index in [2.05, 4.69) is 31.0 Å². The summed E-state index contributed by atoms with van der Waals surface area (Å²) in [4.78, 5) is 2.56. The predicted octanol–water partition coefficient (Wildman–Crippen LogP) is 3.09. The molecule has 3 rings (SSSR count). The topological polar surface area (TPSA) is 61.9 Å². The van der Waals surface area contributed by atoms with Crippen LogP contribution in [0.4, 0.5) is 5.69 Å². The summed E-state index contributed by atoms with van der Waals surface area (Å²) in [5.41, 5.74) is 2.18. The van der Waals surface area contributed by atoms with Gasteiger partial charge in [0.2, 0.25) is 10.0 Å². The third kappa shape index (κ3) is 5.50. The molecular weight excluding hydrogens is 386 g/mol. The molecule has 0 saturated carbocycles. The Morgan fingerprint density at radius 3 is 2.03 bits per heavy atom. The Balaban J connectivity index is 1.61. The Morgan fingerprint density at radius 2 is 1.52 bits per heavy atom. The van der Waals surface area contributed by atoms with Crippen molar-refractivity contribution in [1.82, 2.24) is 9.62 Å².